The summed E-state index contributed by atoms with van der Waals surface area (Å²) < 4.78 is 0. The van der Waals surface area contributed by atoms with Gasteiger partial charge < -0.3 is 0 Å². The van der Waals surface area contributed by atoms with Gasteiger partial charge in [0, 0.05) is 11.8 Å². The van der Waals surface area contributed by atoms with Crippen molar-refractivity contribution in [2.24, 2.45) is 11.8 Å². The molecule has 3 heteroatoms. The topological polar surface area (TPSA) is 38.0 Å². The zero-order valence-electron chi connectivity index (χ0n) is 7.88. The predicted molar refractivity (Wildman–Crippen MR) is 56.1 cm³/mol. The first-order valence-electron chi connectivity index (χ1n) is 4.90. The Morgan fingerprint density at radius 2 is 2.33 bits per heavy atom. The molecule has 12 heavy (non-hydrogen) atoms. The van der Waals surface area contributed by atoms with Crippen LogP contribution in [0.2, 0.25) is 0 Å². The van der Waals surface area contributed by atoms with Gasteiger partial charge in [0.05, 0.1) is 0 Å². The largest absolute Gasteiger partial charge is 0.271 e. The van der Waals surface area contributed by atoms with Crippen LogP contribution < -0.4 is 11.3 Å². The summed E-state index contributed by atoms with van der Waals surface area (Å²) in [6.45, 7) is 2.20. The highest BCUT2D eigenvalue weighted by molar-refractivity contribution is 7.99. The Hall–Kier alpha value is 0.270. The molecule has 0 saturated heterocycles. The van der Waals surface area contributed by atoms with E-state index in [0.717, 1.165) is 5.92 Å². The number of hydrogen-bond donors (Lipinski definition) is 2. The second-order valence-electron chi connectivity index (χ2n) is 3.56. The first-order chi connectivity index (χ1) is 5.86. The van der Waals surface area contributed by atoms with E-state index in [1.54, 1.807) is 0 Å². The molecule has 0 aromatic heterocycles. The van der Waals surface area contributed by atoms with Crippen LogP contribution in [0.5, 0.6) is 0 Å². The van der Waals surface area contributed by atoms with Crippen LogP contribution in [0, 0.1) is 5.92 Å². The second-order valence-corrected chi connectivity index (χ2v) is 4.87. The van der Waals surface area contributed by atoms with Gasteiger partial charge in [-0.3, -0.25) is 11.3 Å². The highest BCUT2D eigenvalue weighted by Crippen LogP contribution is 2.30. The molecule has 2 nitrogen and oxygen atoms in total. The van der Waals surface area contributed by atoms with Crippen molar-refractivity contribution in [1.82, 2.24) is 5.43 Å². The van der Waals surface area contributed by atoms with Gasteiger partial charge in [-0.2, -0.15) is 11.8 Å². The van der Waals surface area contributed by atoms with Crippen molar-refractivity contribution >= 4 is 11.8 Å². The number of thioether (sulfide) groups is 1. The van der Waals surface area contributed by atoms with Crippen LogP contribution in [-0.2, 0) is 0 Å². The molecule has 1 fully saturated rings. The van der Waals surface area contributed by atoms with Gasteiger partial charge in [-0.05, 0) is 18.1 Å². The predicted octanol–water partition coefficient (Wildman–Crippen LogP) is 1.76. The van der Waals surface area contributed by atoms with Crippen molar-refractivity contribution in [1.29, 1.82) is 0 Å². The van der Waals surface area contributed by atoms with Crippen LogP contribution in [0.3, 0.4) is 0 Å². The van der Waals surface area contributed by atoms with Crippen LogP contribution in [-0.4, -0.2) is 17.5 Å². The second kappa shape index (κ2) is 5.84. The van der Waals surface area contributed by atoms with Gasteiger partial charge >= 0.3 is 0 Å². The van der Waals surface area contributed by atoms with Crippen LogP contribution in [0.4, 0.5) is 0 Å². The summed E-state index contributed by atoms with van der Waals surface area (Å²) in [6, 6.07) is 0.542. The number of nitrogens with one attached hydrogen (secondary N) is 1. The summed E-state index contributed by atoms with van der Waals surface area (Å²) in [4.78, 5) is 0. The summed E-state index contributed by atoms with van der Waals surface area (Å²) in [6.07, 6.45) is 5.57. The Balaban J connectivity index is 2.06. The molecule has 0 bridgehead atoms. The molecular weight excluding hydrogens is 168 g/mol. The Bertz CT molecular complexity index is 115. The van der Waals surface area contributed by atoms with E-state index < -0.39 is 0 Å². The lowest BCUT2D eigenvalue weighted by Crippen LogP contribution is -2.39. The Kier molecular flexibility index (Phi) is 5.04. The van der Waals surface area contributed by atoms with Gasteiger partial charge in [0.2, 0.25) is 0 Å². The Morgan fingerprint density at radius 3 is 2.75 bits per heavy atom. The van der Waals surface area contributed by atoms with Crippen molar-refractivity contribution in [3.8, 4) is 0 Å². The van der Waals surface area contributed by atoms with Crippen LogP contribution in [0.25, 0.3) is 0 Å². The maximum atomic E-state index is 5.48. The molecule has 1 unspecified atom stereocenters. The molecule has 1 aliphatic carbocycles. The summed E-state index contributed by atoms with van der Waals surface area (Å²) in [5.41, 5.74) is 2.92. The van der Waals surface area contributed by atoms with Gasteiger partial charge in [0.15, 0.2) is 0 Å². The molecule has 0 amide bonds. The standard InChI is InChI=1S/C9H20N2S/c1-2-12-7-9(11-10)6-8-4-3-5-8/h8-9,11H,2-7,10H2,1H3. The lowest BCUT2D eigenvalue weighted by molar-refractivity contribution is 0.268. The lowest BCUT2D eigenvalue weighted by Gasteiger charge is -2.29. The zero-order valence-corrected chi connectivity index (χ0v) is 8.70. The Morgan fingerprint density at radius 1 is 1.58 bits per heavy atom. The normalized spacial score (nSPS) is 20.5. The smallest absolute Gasteiger partial charge is 0.0303 e. The molecule has 3 N–H and O–H groups in total. The fraction of sp³-hybridized carbons (Fsp3) is 1.00. The molecule has 0 aromatic rings. The third-order valence-electron chi connectivity index (χ3n) is 2.60. The van der Waals surface area contributed by atoms with Crippen molar-refractivity contribution in [2.75, 3.05) is 11.5 Å². The maximum Gasteiger partial charge on any atom is 0.0303 e. The minimum absolute atomic E-state index is 0.542. The first-order valence-corrected chi connectivity index (χ1v) is 6.06. The van der Waals surface area contributed by atoms with Gasteiger partial charge in [-0.1, -0.05) is 26.2 Å². The molecule has 72 valence electrons. The van der Waals surface area contributed by atoms with E-state index in [2.05, 4.69) is 12.3 Å². The van der Waals surface area contributed by atoms with Gasteiger partial charge in [-0.25, -0.2) is 0 Å². The monoisotopic (exact) mass is 188 g/mol. The van der Waals surface area contributed by atoms with E-state index in [4.69, 9.17) is 5.84 Å². The summed E-state index contributed by atoms with van der Waals surface area (Å²) >= 11 is 1.97. The van der Waals surface area contributed by atoms with Crippen molar-refractivity contribution in [3.05, 3.63) is 0 Å². The van der Waals surface area contributed by atoms with Crippen molar-refractivity contribution in [2.45, 2.75) is 38.6 Å². The Labute approximate surface area is 79.6 Å². The molecule has 1 rings (SSSR count). The van der Waals surface area contributed by atoms with Gasteiger partial charge in [0.25, 0.3) is 0 Å². The van der Waals surface area contributed by atoms with Crippen molar-refractivity contribution < 1.29 is 0 Å². The lowest BCUT2D eigenvalue weighted by atomic mass is 9.81. The minimum Gasteiger partial charge on any atom is -0.271 e. The van der Waals surface area contributed by atoms with E-state index in [1.165, 1.54) is 37.2 Å². The summed E-state index contributed by atoms with van der Waals surface area (Å²) in [5, 5.41) is 0. The molecule has 0 spiro atoms. The number of hydrazine groups is 1. The average Bonchev–Trinajstić information content (AvgIpc) is 2.02. The maximum absolute atomic E-state index is 5.48. The number of nitrogens with two attached hydrogens (primary N) is 1. The van der Waals surface area contributed by atoms with Gasteiger partial charge in [-0.15, -0.1) is 0 Å². The van der Waals surface area contributed by atoms with Crippen molar-refractivity contribution in [3.63, 3.8) is 0 Å². The SMILES string of the molecule is CCSCC(CC1CCC1)NN. The molecule has 0 aliphatic heterocycles. The van der Waals surface area contributed by atoms with E-state index in [-0.39, 0.29) is 0 Å². The quantitative estimate of drug-likeness (QED) is 0.493. The highest BCUT2D eigenvalue weighted by atomic mass is 32.2. The summed E-state index contributed by atoms with van der Waals surface area (Å²) in [5.74, 6) is 8.81. The fourth-order valence-electron chi connectivity index (χ4n) is 1.58. The molecule has 1 atom stereocenters. The minimum atomic E-state index is 0.542. The van der Waals surface area contributed by atoms with Crippen LogP contribution in [0.15, 0.2) is 0 Å². The first kappa shape index (κ1) is 10.4. The third-order valence-corrected chi connectivity index (χ3v) is 3.65. The van der Waals surface area contributed by atoms with E-state index in [1.807, 2.05) is 11.8 Å². The summed E-state index contributed by atoms with van der Waals surface area (Å²) in [7, 11) is 0. The number of rotatable bonds is 6. The molecule has 1 aliphatic rings. The molecule has 1 saturated carbocycles. The van der Waals surface area contributed by atoms with E-state index in [9.17, 15) is 0 Å². The van der Waals surface area contributed by atoms with E-state index >= 15 is 0 Å². The van der Waals surface area contributed by atoms with Crippen LogP contribution >= 0.6 is 11.8 Å². The fourth-order valence-corrected chi connectivity index (χ4v) is 2.33. The molecule has 0 aromatic carbocycles. The highest BCUT2D eigenvalue weighted by Gasteiger charge is 2.21. The van der Waals surface area contributed by atoms with E-state index in [0.29, 0.717) is 6.04 Å². The zero-order chi connectivity index (χ0) is 8.81. The third kappa shape index (κ3) is 3.33. The van der Waals surface area contributed by atoms with Gasteiger partial charge in [0.1, 0.15) is 0 Å². The molecule has 0 radical (unpaired) electrons. The number of hydrogen-bond acceptors (Lipinski definition) is 3. The van der Waals surface area contributed by atoms with Crippen LogP contribution in [0.1, 0.15) is 32.6 Å². The molecule has 0 heterocycles. The average molecular weight is 188 g/mol. The molecular formula is C9H20N2S.